The van der Waals surface area contributed by atoms with E-state index in [1.54, 1.807) is 0 Å². The molecule has 0 unspecified atom stereocenters. The Balaban J connectivity index is 1.97. The molecule has 0 spiro atoms. The minimum absolute atomic E-state index is 0.690. The van der Waals surface area contributed by atoms with E-state index in [1.807, 2.05) is 17.4 Å². The van der Waals surface area contributed by atoms with Gasteiger partial charge in [0, 0.05) is 29.4 Å². The van der Waals surface area contributed by atoms with E-state index in [4.69, 9.17) is 0 Å². The Hall–Kier alpha value is -1.19. The number of hydrogen-bond acceptors (Lipinski definition) is 3. The largest absolute Gasteiger partial charge is 0.315 e. The van der Waals surface area contributed by atoms with Crippen LogP contribution in [-0.2, 0) is 0 Å². The van der Waals surface area contributed by atoms with Crippen LogP contribution in [0.2, 0.25) is 0 Å². The van der Waals surface area contributed by atoms with Gasteiger partial charge in [-0.05, 0) is 6.92 Å². The Morgan fingerprint density at radius 2 is 2.00 bits per heavy atom. The Morgan fingerprint density at radius 3 is 2.62 bits per heavy atom. The first-order valence-electron chi connectivity index (χ1n) is 5.58. The van der Waals surface area contributed by atoms with Crippen LogP contribution in [0.1, 0.15) is 16.5 Å². The lowest BCUT2D eigenvalue weighted by atomic mass is 10.0. The molecule has 0 bridgehead atoms. The molecule has 1 fully saturated rings. The highest BCUT2D eigenvalue weighted by Crippen LogP contribution is 2.33. The van der Waals surface area contributed by atoms with Gasteiger partial charge in [-0.1, -0.05) is 30.3 Å². The second kappa shape index (κ2) is 4.00. The van der Waals surface area contributed by atoms with Crippen LogP contribution in [0, 0.1) is 6.92 Å². The first-order valence-corrected chi connectivity index (χ1v) is 6.39. The maximum atomic E-state index is 4.67. The normalized spacial score (nSPS) is 16.1. The average Bonchev–Trinajstić information content (AvgIpc) is 2.60. The third-order valence-corrected chi connectivity index (χ3v) is 4.37. The van der Waals surface area contributed by atoms with Gasteiger partial charge in [0.2, 0.25) is 0 Å². The zero-order chi connectivity index (χ0) is 11.0. The zero-order valence-electron chi connectivity index (χ0n) is 9.23. The van der Waals surface area contributed by atoms with E-state index in [2.05, 4.69) is 41.5 Å². The number of hydrogen-bond donors (Lipinski definition) is 1. The van der Waals surface area contributed by atoms with Gasteiger partial charge in [0.05, 0.1) is 5.69 Å². The summed E-state index contributed by atoms with van der Waals surface area (Å²) in [4.78, 5) is 6.13. The maximum Gasteiger partial charge on any atom is 0.123 e. The highest BCUT2D eigenvalue weighted by atomic mass is 32.1. The molecular formula is C13H14N2S. The fourth-order valence-electron chi connectivity index (χ4n) is 1.97. The van der Waals surface area contributed by atoms with Crippen molar-refractivity contribution in [2.75, 3.05) is 13.1 Å². The van der Waals surface area contributed by atoms with Gasteiger partial charge >= 0.3 is 0 Å². The van der Waals surface area contributed by atoms with Gasteiger partial charge in [-0.15, -0.1) is 11.3 Å². The van der Waals surface area contributed by atoms with Crippen molar-refractivity contribution in [3.8, 4) is 10.6 Å². The number of nitrogens with zero attached hydrogens (tertiary/aromatic N) is 1. The molecule has 2 heterocycles. The lowest BCUT2D eigenvalue weighted by molar-refractivity contribution is 0.452. The molecule has 3 heteroatoms. The molecule has 0 radical (unpaired) electrons. The number of benzene rings is 1. The summed E-state index contributed by atoms with van der Waals surface area (Å²) >= 11 is 1.85. The van der Waals surface area contributed by atoms with Gasteiger partial charge < -0.3 is 5.32 Å². The molecule has 0 aliphatic carbocycles. The molecule has 0 atom stereocenters. The molecule has 82 valence electrons. The number of aromatic nitrogens is 1. The van der Waals surface area contributed by atoms with Crippen molar-refractivity contribution < 1.29 is 0 Å². The van der Waals surface area contributed by atoms with Gasteiger partial charge in [0.15, 0.2) is 0 Å². The Morgan fingerprint density at radius 1 is 1.25 bits per heavy atom. The molecule has 0 amide bonds. The van der Waals surface area contributed by atoms with E-state index in [0.29, 0.717) is 5.92 Å². The molecule has 2 aromatic rings. The Kier molecular flexibility index (Phi) is 2.50. The number of nitrogens with one attached hydrogen (secondary N) is 1. The van der Waals surface area contributed by atoms with Crippen molar-refractivity contribution in [2.24, 2.45) is 0 Å². The molecule has 0 saturated carbocycles. The van der Waals surface area contributed by atoms with Crippen LogP contribution in [0.3, 0.4) is 0 Å². The van der Waals surface area contributed by atoms with Crippen LogP contribution in [0.15, 0.2) is 30.3 Å². The van der Waals surface area contributed by atoms with Gasteiger partial charge in [-0.25, -0.2) is 4.98 Å². The molecule has 1 saturated heterocycles. The van der Waals surface area contributed by atoms with Crippen LogP contribution >= 0.6 is 11.3 Å². The topological polar surface area (TPSA) is 24.9 Å². The third-order valence-electron chi connectivity index (χ3n) is 3.01. The van der Waals surface area contributed by atoms with Crippen LogP contribution in [-0.4, -0.2) is 18.1 Å². The summed E-state index contributed by atoms with van der Waals surface area (Å²) in [5.74, 6) is 0.690. The molecule has 2 nitrogen and oxygen atoms in total. The Bertz CT molecular complexity index is 486. The molecule has 1 aliphatic heterocycles. The Labute approximate surface area is 99.4 Å². The second-order valence-electron chi connectivity index (χ2n) is 4.19. The van der Waals surface area contributed by atoms with Crippen molar-refractivity contribution >= 4 is 11.3 Å². The second-order valence-corrected chi connectivity index (χ2v) is 5.22. The highest BCUT2D eigenvalue weighted by molar-refractivity contribution is 7.15. The van der Waals surface area contributed by atoms with E-state index in [0.717, 1.165) is 18.1 Å². The van der Waals surface area contributed by atoms with Crippen molar-refractivity contribution in [1.82, 2.24) is 10.3 Å². The summed E-state index contributed by atoms with van der Waals surface area (Å²) in [6, 6.07) is 10.4. The van der Waals surface area contributed by atoms with Crippen LogP contribution < -0.4 is 5.32 Å². The SMILES string of the molecule is Cc1nc(-c2ccccc2)sc1C1CNC1. The zero-order valence-corrected chi connectivity index (χ0v) is 10.1. The summed E-state index contributed by atoms with van der Waals surface area (Å²) < 4.78 is 0. The minimum atomic E-state index is 0.690. The van der Waals surface area contributed by atoms with E-state index in [-0.39, 0.29) is 0 Å². The van der Waals surface area contributed by atoms with E-state index in [1.165, 1.54) is 16.1 Å². The molecule has 1 aliphatic rings. The first-order chi connectivity index (χ1) is 7.84. The molecule has 1 aromatic carbocycles. The predicted octanol–water partition coefficient (Wildman–Crippen LogP) is 2.81. The fourth-order valence-corrected chi connectivity index (χ4v) is 3.14. The molecule has 1 N–H and O–H groups in total. The molecule has 3 rings (SSSR count). The standard InChI is InChI=1S/C13H14N2S/c1-9-12(11-7-14-8-11)16-13(15-9)10-5-3-2-4-6-10/h2-6,11,14H,7-8H2,1H3. The van der Waals surface area contributed by atoms with Crippen LogP contribution in [0.25, 0.3) is 10.6 Å². The van der Waals surface area contributed by atoms with E-state index >= 15 is 0 Å². The van der Waals surface area contributed by atoms with Crippen molar-refractivity contribution in [3.63, 3.8) is 0 Å². The quantitative estimate of drug-likeness (QED) is 0.858. The third kappa shape index (κ3) is 1.66. The maximum absolute atomic E-state index is 4.67. The summed E-state index contributed by atoms with van der Waals surface area (Å²) in [6.45, 7) is 4.34. The molecular weight excluding hydrogens is 216 g/mol. The number of rotatable bonds is 2. The average molecular weight is 230 g/mol. The van der Waals surface area contributed by atoms with Gasteiger partial charge in [0.1, 0.15) is 5.01 Å². The first kappa shape index (κ1) is 10.00. The van der Waals surface area contributed by atoms with E-state index < -0.39 is 0 Å². The minimum Gasteiger partial charge on any atom is -0.315 e. The van der Waals surface area contributed by atoms with Crippen molar-refractivity contribution in [3.05, 3.63) is 40.9 Å². The monoisotopic (exact) mass is 230 g/mol. The fraction of sp³-hybridized carbons (Fsp3) is 0.308. The summed E-state index contributed by atoms with van der Waals surface area (Å²) in [5, 5.41) is 4.47. The predicted molar refractivity (Wildman–Crippen MR) is 67.9 cm³/mol. The number of aryl methyl sites for hydroxylation is 1. The smallest absolute Gasteiger partial charge is 0.123 e. The van der Waals surface area contributed by atoms with Crippen LogP contribution in [0.5, 0.6) is 0 Å². The number of thiazole rings is 1. The van der Waals surface area contributed by atoms with Gasteiger partial charge in [-0.2, -0.15) is 0 Å². The van der Waals surface area contributed by atoms with Gasteiger partial charge in [-0.3, -0.25) is 0 Å². The summed E-state index contributed by atoms with van der Waals surface area (Å²) in [7, 11) is 0. The van der Waals surface area contributed by atoms with E-state index in [9.17, 15) is 0 Å². The molecule has 16 heavy (non-hydrogen) atoms. The summed E-state index contributed by atoms with van der Waals surface area (Å²) in [6.07, 6.45) is 0. The van der Waals surface area contributed by atoms with Crippen molar-refractivity contribution in [2.45, 2.75) is 12.8 Å². The highest BCUT2D eigenvalue weighted by Gasteiger charge is 2.23. The lowest BCUT2D eigenvalue weighted by Gasteiger charge is -2.26. The van der Waals surface area contributed by atoms with Crippen LogP contribution in [0.4, 0.5) is 0 Å². The van der Waals surface area contributed by atoms with Gasteiger partial charge in [0.25, 0.3) is 0 Å². The molecule has 1 aromatic heterocycles. The lowest BCUT2D eigenvalue weighted by Crippen LogP contribution is -2.39. The summed E-state index contributed by atoms with van der Waals surface area (Å²) in [5.41, 5.74) is 2.43. The van der Waals surface area contributed by atoms with Crippen molar-refractivity contribution in [1.29, 1.82) is 0 Å².